The Bertz CT molecular complexity index is 1270. The highest BCUT2D eigenvalue weighted by Gasteiger charge is 2.32. The van der Waals surface area contributed by atoms with E-state index < -0.39 is 0 Å². The number of aromatic nitrogens is 5. The summed E-state index contributed by atoms with van der Waals surface area (Å²) in [6.45, 7) is 0.673. The lowest BCUT2D eigenvalue weighted by Crippen LogP contribution is -2.31. The maximum absolute atomic E-state index is 13.4. The molecule has 0 spiro atoms. The summed E-state index contributed by atoms with van der Waals surface area (Å²) < 4.78 is 0. The van der Waals surface area contributed by atoms with Crippen molar-refractivity contribution in [2.75, 3.05) is 6.54 Å². The van der Waals surface area contributed by atoms with Crippen molar-refractivity contribution < 1.29 is 4.79 Å². The number of rotatable bonds is 4. The molecule has 0 unspecified atom stereocenters. The largest absolute Gasteiger partial charge is 0.330 e. The van der Waals surface area contributed by atoms with Gasteiger partial charge in [-0.15, -0.1) is 0 Å². The normalized spacial score (nSPS) is 15.7. The molecule has 1 fully saturated rings. The number of likely N-dealkylation sites (tertiary alicyclic amines) is 1. The molecule has 5 rings (SSSR count). The third-order valence-electron chi connectivity index (χ3n) is 5.48. The molecule has 1 amide bonds. The number of amides is 1. The van der Waals surface area contributed by atoms with Gasteiger partial charge in [-0.25, -0.2) is 19.9 Å². The standard InChI is InChI=1S/C24H19ClN6O/c25-19-4-1-3-16(11-19)23-29-9-7-20(30-23)22-5-2-10-31(22)24(32)17-6-8-28-21(12-17)18-13-26-15-27-14-18/h1,3-4,6-9,11-15,22H,2,5,10H2/t22-/m0/s1. The first-order valence-electron chi connectivity index (χ1n) is 10.3. The first-order chi connectivity index (χ1) is 15.7. The van der Waals surface area contributed by atoms with E-state index >= 15 is 0 Å². The maximum atomic E-state index is 13.4. The van der Waals surface area contributed by atoms with Crippen molar-refractivity contribution in [1.29, 1.82) is 0 Å². The van der Waals surface area contributed by atoms with Gasteiger partial charge in [-0.05, 0) is 43.2 Å². The van der Waals surface area contributed by atoms with E-state index in [1.165, 1.54) is 6.33 Å². The van der Waals surface area contributed by atoms with E-state index in [9.17, 15) is 4.79 Å². The minimum Gasteiger partial charge on any atom is -0.330 e. The highest BCUT2D eigenvalue weighted by atomic mass is 35.5. The van der Waals surface area contributed by atoms with E-state index in [1.54, 1.807) is 36.9 Å². The van der Waals surface area contributed by atoms with Crippen molar-refractivity contribution in [2.24, 2.45) is 0 Å². The van der Waals surface area contributed by atoms with E-state index in [0.29, 0.717) is 28.6 Å². The van der Waals surface area contributed by atoms with E-state index in [1.807, 2.05) is 35.2 Å². The van der Waals surface area contributed by atoms with Gasteiger partial charge in [0.1, 0.15) is 6.33 Å². The molecule has 1 saturated heterocycles. The number of hydrogen-bond donors (Lipinski definition) is 0. The summed E-state index contributed by atoms with van der Waals surface area (Å²) in [5.41, 5.74) is 3.68. The third kappa shape index (κ3) is 4.07. The highest BCUT2D eigenvalue weighted by Crippen LogP contribution is 2.33. The summed E-state index contributed by atoms with van der Waals surface area (Å²) in [4.78, 5) is 36.9. The summed E-state index contributed by atoms with van der Waals surface area (Å²) in [5, 5.41) is 0.631. The van der Waals surface area contributed by atoms with Crippen LogP contribution in [0, 0.1) is 0 Å². The molecule has 4 aromatic rings. The molecule has 7 nitrogen and oxygen atoms in total. The van der Waals surface area contributed by atoms with Crippen molar-refractivity contribution in [1.82, 2.24) is 29.8 Å². The Morgan fingerprint density at radius 2 is 1.84 bits per heavy atom. The van der Waals surface area contributed by atoms with E-state index in [2.05, 4.69) is 19.9 Å². The summed E-state index contributed by atoms with van der Waals surface area (Å²) in [5.74, 6) is 0.551. The van der Waals surface area contributed by atoms with Crippen LogP contribution in [-0.4, -0.2) is 42.3 Å². The Balaban J connectivity index is 1.43. The van der Waals surface area contributed by atoms with Crippen LogP contribution in [0.5, 0.6) is 0 Å². The molecular formula is C24H19ClN6O. The fraction of sp³-hybridized carbons (Fsp3) is 0.167. The van der Waals surface area contributed by atoms with Crippen molar-refractivity contribution >= 4 is 17.5 Å². The van der Waals surface area contributed by atoms with Gasteiger partial charge < -0.3 is 4.90 Å². The van der Waals surface area contributed by atoms with Crippen LogP contribution in [0.3, 0.4) is 0 Å². The molecule has 0 aliphatic carbocycles. The van der Waals surface area contributed by atoms with Crippen molar-refractivity contribution in [3.05, 3.63) is 89.9 Å². The number of benzene rings is 1. The lowest BCUT2D eigenvalue weighted by Gasteiger charge is -2.24. The number of nitrogens with zero attached hydrogens (tertiary/aromatic N) is 6. The van der Waals surface area contributed by atoms with Crippen LogP contribution in [0.15, 0.2) is 73.6 Å². The molecule has 8 heteroatoms. The molecule has 0 bridgehead atoms. The Hall–Kier alpha value is -3.71. The molecule has 0 radical (unpaired) electrons. The minimum atomic E-state index is -0.111. The Morgan fingerprint density at radius 1 is 1.00 bits per heavy atom. The number of hydrogen-bond acceptors (Lipinski definition) is 6. The first kappa shape index (κ1) is 20.2. The van der Waals surface area contributed by atoms with E-state index in [4.69, 9.17) is 16.6 Å². The van der Waals surface area contributed by atoms with Gasteiger partial charge in [0.25, 0.3) is 5.91 Å². The summed E-state index contributed by atoms with van der Waals surface area (Å²) >= 11 is 6.13. The Labute approximate surface area is 190 Å². The molecule has 4 heterocycles. The zero-order chi connectivity index (χ0) is 21.9. The smallest absolute Gasteiger partial charge is 0.254 e. The maximum Gasteiger partial charge on any atom is 0.254 e. The van der Waals surface area contributed by atoms with E-state index in [-0.39, 0.29) is 11.9 Å². The zero-order valence-corrected chi connectivity index (χ0v) is 17.9. The van der Waals surface area contributed by atoms with Crippen LogP contribution in [-0.2, 0) is 0 Å². The van der Waals surface area contributed by atoms with Crippen LogP contribution in [0.25, 0.3) is 22.6 Å². The molecule has 0 N–H and O–H groups in total. The lowest BCUT2D eigenvalue weighted by molar-refractivity contribution is 0.0733. The molecule has 158 valence electrons. The summed E-state index contributed by atoms with van der Waals surface area (Å²) in [6, 6.07) is 12.7. The van der Waals surface area contributed by atoms with Crippen molar-refractivity contribution in [2.45, 2.75) is 18.9 Å². The van der Waals surface area contributed by atoms with Crippen LogP contribution >= 0.6 is 11.6 Å². The second-order valence-electron chi connectivity index (χ2n) is 7.53. The average Bonchev–Trinajstić information content (AvgIpc) is 3.34. The SMILES string of the molecule is O=C(c1ccnc(-c2cncnc2)c1)N1CCC[C@H]1c1ccnc(-c2cccc(Cl)c2)n1. The summed E-state index contributed by atoms with van der Waals surface area (Å²) in [6.07, 6.45) is 9.97. The number of pyridine rings is 1. The average molecular weight is 443 g/mol. The molecule has 32 heavy (non-hydrogen) atoms. The predicted octanol–water partition coefficient (Wildman–Crippen LogP) is 4.63. The van der Waals surface area contributed by atoms with Gasteiger partial charge in [0.15, 0.2) is 5.82 Å². The summed E-state index contributed by atoms with van der Waals surface area (Å²) in [7, 11) is 0. The van der Waals surface area contributed by atoms with Gasteiger partial charge in [0.2, 0.25) is 0 Å². The molecule has 1 aliphatic rings. The monoisotopic (exact) mass is 442 g/mol. The Kier molecular flexibility index (Phi) is 5.56. The number of carbonyl (C=O) groups excluding carboxylic acids is 1. The van der Waals surface area contributed by atoms with Crippen molar-refractivity contribution in [3.63, 3.8) is 0 Å². The minimum absolute atomic E-state index is 0.0454. The van der Waals surface area contributed by atoms with Crippen LogP contribution in [0.4, 0.5) is 0 Å². The van der Waals surface area contributed by atoms with Gasteiger partial charge >= 0.3 is 0 Å². The fourth-order valence-electron chi connectivity index (χ4n) is 3.96. The van der Waals surface area contributed by atoms with Crippen LogP contribution in [0.1, 0.15) is 34.9 Å². The van der Waals surface area contributed by atoms with Gasteiger partial charge in [-0.3, -0.25) is 9.78 Å². The predicted molar refractivity (Wildman–Crippen MR) is 121 cm³/mol. The second-order valence-corrected chi connectivity index (χ2v) is 7.97. The zero-order valence-electron chi connectivity index (χ0n) is 17.1. The molecule has 3 aromatic heterocycles. The molecular weight excluding hydrogens is 424 g/mol. The van der Waals surface area contributed by atoms with Gasteiger partial charge in [0.05, 0.1) is 17.4 Å². The molecule has 1 aliphatic heterocycles. The topological polar surface area (TPSA) is 84.8 Å². The fourth-order valence-corrected chi connectivity index (χ4v) is 4.15. The van der Waals surface area contributed by atoms with Gasteiger partial charge in [-0.2, -0.15) is 0 Å². The van der Waals surface area contributed by atoms with E-state index in [0.717, 1.165) is 29.7 Å². The third-order valence-corrected chi connectivity index (χ3v) is 5.71. The second kappa shape index (κ2) is 8.80. The quantitative estimate of drug-likeness (QED) is 0.458. The van der Waals surface area contributed by atoms with Crippen LogP contribution in [0.2, 0.25) is 5.02 Å². The molecule has 1 aromatic carbocycles. The Morgan fingerprint density at radius 3 is 2.69 bits per heavy atom. The highest BCUT2D eigenvalue weighted by molar-refractivity contribution is 6.30. The van der Waals surface area contributed by atoms with Gasteiger partial charge in [0, 0.05) is 53.0 Å². The van der Waals surface area contributed by atoms with Crippen LogP contribution < -0.4 is 0 Å². The number of halogens is 1. The molecule has 0 saturated carbocycles. The van der Waals surface area contributed by atoms with Crippen molar-refractivity contribution in [3.8, 4) is 22.6 Å². The molecule has 1 atom stereocenters. The number of carbonyl (C=O) groups is 1. The first-order valence-corrected chi connectivity index (χ1v) is 10.7. The lowest BCUT2D eigenvalue weighted by atomic mass is 10.1. The van der Waals surface area contributed by atoms with Gasteiger partial charge in [-0.1, -0.05) is 23.7 Å².